The van der Waals surface area contributed by atoms with Crippen LogP contribution in [0.5, 0.6) is 0 Å². The lowest BCUT2D eigenvalue weighted by molar-refractivity contribution is -0.137. The van der Waals surface area contributed by atoms with Gasteiger partial charge in [0.1, 0.15) is 0 Å². The van der Waals surface area contributed by atoms with Gasteiger partial charge in [-0.1, -0.05) is 0 Å². The summed E-state index contributed by atoms with van der Waals surface area (Å²) in [6, 6.07) is 5.67. The minimum Gasteiger partial charge on any atom is -0.481 e. The number of aryl methyl sites for hydroxylation is 1. The number of hydrogen-bond acceptors (Lipinski definition) is 3. The van der Waals surface area contributed by atoms with Gasteiger partial charge in [0.05, 0.1) is 6.42 Å². The van der Waals surface area contributed by atoms with Crippen molar-refractivity contribution >= 4 is 17.6 Å². The predicted octanol–water partition coefficient (Wildman–Crippen LogP) is 1.98. The largest absolute Gasteiger partial charge is 0.481 e. The molecule has 0 atom stereocenters. The Morgan fingerprint density at radius 3 is 2.90 bits per heavy atom. The topological polar surface area (TPSA) is 69.6 Å². The molecule has 0 spiro atoms. The number of carboxylic acid groups (broad SMARTS) is 1. The maximum atomic E-state index is 12.4. The van der Waals surface area contributed by atoms with Gasteiger partial charge in [-0.3, -0.25) is 9.59 Å². The fourth-order valence-electron chi connectivity index (χ4n) is 2.42. The Kier molecular flexibility index (Phi) is 4.61. The molecule has 0 aliphatic carbocycles. The molecular formula is C15H20N2O3. The average Bonchev–Trinajstić information content (AvgIpc) is 2.47. The number of hydrogen-bond donors (Lipinski definition) is 2. The molecule has 0 saturated carbocycles. The van der Waals surface area contributed by atoms with Crippen LogP contribution < -0.4 is 5.32 Å². The number of carboxylic acids is 1. The second-order valence-electron chi connectivity index (χ2n) is 4.93. The van der Waals surface area contributed by atoms with E-state index in [0.29, 0.717) is 12.1 Å². The lowest BCUT2D eigenvalue weighted by Gasteiger charge is -2.22. The molecule has 108 valence electrons. The minimum atomic E-state index is -0.883. The second-order valence-corrected chi connectivity index (χ2v) is 4.93. The molecule has 0 radical (unpaired) electrons. The third-order valence-corrected chi connectivity index (χ3v) is 3.56. The number of nitrogens with one attached hydrogen (secondary N) is 1. The van der Waals surface area contributed by atoms with E-state index in [1.165, 1.54) is 0 Å². The number of anilines is 1. The van der Waals surface area contributed by atoms with Crippen molar-refractivity contribution in [1.29, 1.82) is 0 Å². The third kappa shape index (κ3) is 3.29. The standard InChI is InChI=1S/C15H20N2O3/c1-2-17(9-7-14(18)19)15(20)12-5-6-13-11(10-12)4-3-8-16-13/h5-6,10,16H,2-4,7-9H2,1H3,(H,18,19). The normalized spacial score (nSPS) is 13.2. The summed E-state index contributed by atoms with van der Waals surface area (Å²) in [6.07, 6.45) is 2.03. The zero-order valence-electron chi connectivity index (χ0n) is 11.7. The molecule has 1 aliphatic heterocycles. The number of aliphatic carboxylic acids is 1. The van der Waals surface area contributed by atoms with Crippen LogP contribution in [0.2, 0.25) is 0 Å². The Morgan fingerprint density at radius 1 is 1.40 bits per heavy atom. The molecule has 1 aromatic rings. The van der Waals surface area contributed by atoms with Crippen LogP contribution >= 0.6 is 0 Å². The average molecular weight is 276 g/mol. The van der Waals surface area contributed by atoms with Crippen molar-refractivity contribution in [3.8, 4) is 0 Å². The molecular weight excluding hydrogens is 256 g/mol. The number of nitrogens with zero attached hydrogens (tertiary/aromatic N) is 1. The summed E-state index contributed by atoms with van der Waals surface area (Å²) in [5, 5.41) is 12.0. The summed E-state index contributed by atoms with van der Waals surface area (Å²) in [6.45, 7) is 3.60. The lowest BCUT2D eigenvalue weighted by Crippen LogP contribution is -2.33. The van der Waals surface area contributed by atoms with Crippen LogP contribution in [0.15, 0.2) is 18.2 Å². The monoisotopic (exact) mass is 276 g/mol. The zero-order chi connectivity index (χ0) is 14.5. The number of carbonyl (C=O) groups excluding carboxylic acids is 1. The van der Waals surface area contributed by atoms with E-state index in [1.807, 2.05) is 25.1 Å². The number of benzene rings is 1. The smallest absolute Gasteiger partial charge is 0.305 e. The van der Waals surface area contributed by atoms with Gasteiger partial charge >= 0.3 is 5.97 Å². The zero-order valence-corrected chi connectivity index (χ0v) is 11.7. The van der Waals surface area contributed by atoms with Crippen molar-refractivity contribution in [1.82, 2.24) is 4.90 Å². The van der Waals surface area contributed by atoms with Crippen molar-refractivity contribution in [2.75, 3.05) is 25.0 Å². The fourth-order valence-corrected chi connectivity index (χ4v) is 2.42. The first-order valence-electron chi connectivity index (χ1n) is 6.99. The van der Waals surface area contributed by atoms with Crippen LogP contribution in [0, 0.1) is 0 Å². The molecule has 0 unspecified atom stereocenters. The van der Waals surface area contributed by atoms with Gasteiger partial charge in [-0.15, -0.1) is 0 Å². The molecule has 1 amide bonds. The Balaban J connectivity index is 2.12. The van der Waals surface area contributed by atoms with Crippen molar-refractivity contribution < 1.29 is 14.7 Å². The fraction of sp³-hybridized carbons (Fsp3) is 0.467. The van der Waals surface area contributed by atoms with Gasteiger partial charge in [-0.25, -0.2) is 0 Å². The summed E-state index contributed by atoms with van der Waals surface area (Å²) in [5.74, 6) is -0.979. The highest BCUT2D eigenvalue weighted by molar-refractivity contribution is 5.95. The Bertz CT molecular complexity index is 514. The summed E-state index contributed by atoms with van der Waals surface area (Å²) < 4.78 is 0. The van der Waals surface area contributed by atoms with Gasteiger partial charge in [-0.05, 0) is 43.5 Å². The highest BCUT2D eigenvalue weighted by Gasteiger charge is 2.17. The first-order chi connectivity index (χ1) is 9.61. The molecule has 1 aliphatic rings. The predicted molar refractivity (Wildman–Crippen MR) is 77.1 cm³/mol. The van der Waals surface area contributed by atoms with Crippen LogP contribution in [0.3, 0.4) is 0 Å². The van der Waals surface area contributed by atoms with Gasteiger partial charge in [-0.2, -0.15) is 0 Å². The van der Waals surface area contributed by atoms with Crippen LogP contribution in [0.1, 0.15) is 35.7 Å². The van der Waals surface area contributed by atoms with Crippen molar-refractivity contribution in [3.05, 3.63) is 29.3 Å². The summed E-state index contributed by atoms with van der Waals surface area (Å²) in [4.78, 5) is 24.6. The van der Waals surface area contributed by atoms with E-state index in [0.717, 1.165) is 30.6 Å². The maximum absolute atomic E-state index is 12.4. The molecule has 0 bridgehead atoms. The highest BCUT2D eigenvalue weighted by Crippen LogP contribution is 2.23. The van der Waals surface area contributed by atoms with E-state index in [4.69, 9.17) is 5.11 Å². The number of amides is 1. The first-order valence-corrected chi connectivity index (χ1v) is 6.99. The van der Waals surface area contributed by atoms with Gasteiger partial charge in [0.2, 0.25) is 0 Å². The first kappa shape index (κ1) is 14.4. The van der Waals surface area contributed by atoms with Crippen LogP contribution in [0.4, 0.5) is 5.69 Å². The quantitative estimate of drug-likeness (QED) is 0.862. The van der Waals surface area contributed by atoms with E-state index in [2.05, 4.69) is 5.32 Å². The highest BCUT2D eigenvalue weighted by atomic mass is 16.4. The summed E-state index contributed by atoms with van der Waals surface area (Å²) in [7, 11) is 0. The Morgan fingerprint density at radius 2 is 2.20 bits per heavy atom. The molecule has 2 N–H and O–H groups in total. The molecule has 5 nitrogen and oxygen atoms in total. The molecule has 0 fully saturated rings. The lowest BCUT2D eigenvalue weighted by atomic mass is 10.0. The van der Waals surface area contributed by atoms with Gasteiger partial charge in [0, 0.05) is 30.9 Å². The van der Waals surface area contributed by atoms with Crippen LogP contribution in [-0.2, 0) is 11.2 Å². The van der Waals surface area contributed by atoms with Gasteiger partial charge in [0.15, 0.2) is 0 Å². The van der Waals surface area contributed by atoms with E-state index >= 15 is 0 Å². The summed E-state index contributed by atoms with van der Waals surface area (Å²) >= 11 is 0. The van der Waals surface area contributed by atoms with Crippen LogP contribution in [-0.4, -0.2) is 41.5 Å². The number of carbonyl (C=O) groups is 2. The molecule has 0 saturated heterocycles. The number of fused-ring (bicyclic) bond motifs is 1. The molecule has 1 aromatic carbocycles. The minimum absolute atomic E-state index is 0.0217. The van der Waals surface area contributed by atoms with Gasteiger partial charge < -0.3 is 15.3 Å². The second kappa shape index (κ2) is 6.41. The molecule has 20 heavy (non-hydrogen) atoms. The summed E-state index contributed by atoms with van der Waals surface area (Å²) in [5.41, 5.74) is 2.90. The van der Waals surface area contributed by atoms with Crippen molar-refractivity contribution in [2.24, 2.45) is 0 Å². The molecule has 5 heteroatoms. The molecule has 2 rings (SSSR count). The van der Waals surface area contributed by atoms with Crippen LogP contribution in [0.25, 0.3) is 0 Å². The molecule has 0 aromatic heterocycles. The SMILES string of the molecule is CCN(CCC(=O)O)C(=O)c1ccc2c(c1)CCCN2. The van der Waals surface area contributed by atoms with Crippen molar-refractivity contribution in [2.45, 2.75) is 26.2 Å². The maximum Gasteiger partial charge on any atom is 0.305 e. The van der Waals surface area contributed by atoms with E-state index in [-0.39, 0.29) is 18.9 Å². The molecule has 1 heterocycles. The Labute approximate surface area is 118 Å². The third-order valence-electron chi connectivity index (χ3n) is 3.56. The van der Waals surface area contributed by atoms with E-state index in [1.54, 1.807) is 4.90 Å². The number of rotatable bonds is 5. The van der Waals surface area contributed by atoms with Gasteiger partial charge in [0.25, 0.3) is 5.91 Å². The van der Waals surface area contributed by atoms with E-state index < -0.39 is 5.97 Å². The van der Waals surface area contributed by atoms with E-state index in [9.17, 15) is 9.59 Å². The Hall–Kier alpha value is -2.04. The van der Waals surface area contributed by atoms with Crippen molar-refractivity contribution in [3.63, 3.8) is 0 Å².